The fourth-order valence-corrected chi connectivity index (χ4v) is 2.36. The molecule has 0 fully saturated rings. The minimum atomic E-state index is 0.819. The van der Waals surface area contributed by atoms with E-state index in [1.807, 2.05) is 6.07 Å². The molecular formula is C9H7IN2S. The van der Waals surface area contributed by atoms with Gasteiger partial charge in [-0.2, -0.15) is 4.37 Å². The van der Waals surface area contributed by atoms with E-state index in [9.17, 15) is 0 Å². The van der Waals surface area contributed by atoms with Gasteiger partial charge < -0.3 is 0 Å². The fourth-order valence-electron chi connectivity index (χ4n) is 1.10. The topological polar surface area (TPSA) is 25.8 Å². The molecule has 2 nitrogen and oxygen atoms in total. The molecule has 0 bridgehead atoms. The lowest BCUT2D eigenvalue weighted by molar-refractivity contribution is 1.25. The van der Waals surface area contributed by atoms with Gasteiger partial charge in [-0.25, -0.2) is 4.98 Å². The van der Waals surface area contributed by atoms with Gasteiger partial charge >= 0.3 is 0 Å². The Kier molecular flexibility index (Phi) is 2.59. The summed E-state index contributed by atoms with van der Waals surface area (Å²) in [5, 5.41) is 0.994. The van der Waals surface area contributed by atoms with Crippen LogP contribution in [0.4, 0.5) is 0 Å². The Morgan fingerprint density at radius 3 is 2.85 bits per heavy atom. The molecule has 1 aromatic heterocycles. The van der Waals surface area contributed by atoms with Crippen molar-refractivity contribution >= 4 is 34.1 Å². The van der Waals surface area contributed by atoms with Gasteiger partial charge in [-0.1, -0.05) is 23.8 Å². The van der Waals surface area contributed by atoms with Gasteiger partial charge in [0.05, 0.1) is 0 Å². The summed E-state index contributed by atoms with van der Waals surface area (Å²) in [6, 6.07) is 8.30. The van der Waals surface area contributed by atoms with Crippen molar-refractivity contribution in [3.63, 3.8) is 0 Å². The molecule has 0 aliphatic rings. The summed E-state index contributed by atoms with van der Waals surface area (Å²) in [4.78, 5) is 4.32. The van der Waals surface area contributed by atoms with Crippen LogP contribution in [0.2, 0.25) is 0 Å². The molecule has 0 radical (unpaired) electrons. The molecular weight excluding hydrogens is 295 g/mol. The van der Waals surface area contributed by atoms with Crippen molar-refractivity contribution in [1.29, 1.82) is 0 Å². The smallest absolute Gasteiger partial charge is 0.203 e. The highest BCUT2D eigenvalue weighted by molar-refractivity contribution is 14.1. The fraction of sp³-hybridized carbons (Fsp3) is 0.111. The van der Waals surface area contributed by atoms with E-state index in [0.717, 1.165) is 14.4 Å². The molecule has 1 aromatic carbocycles. The molecule has 0 aliphatic carbocycles. The second-order valence-corrected chi connectivity index (χ2v) is 4.45. The Morgan fingerprint density at radius 1 is 1.38 bits per heavy atom. The van der Waals surface area contributed by atoms with Gasteiger partial charge in [0.1, 0.15) is 5.01 Å². The van der Waals surface area contributed by atoms with E-state index >= 15 is 0 Å². The third-order valence-corrected chi connectivity index (χ3v) is 3.24. The lowest BCUT2D eigenvalue weighted by Crippen LogP contribution is -1.78. The van der Waals surface area contributed by atoms with Gasteiger partial charge in [0.15, 0.2) is 0 Å². The number of rotatable bonds is 1. The normalized spacial score (nSPS) is 10.3. The van der Waals surface area contributed by atoms with E-state index in [-0.39, 0.29) is 0 Å². The summed E-state index contributed by atoms with van der Waals surface area (Å²) in [6.45, 7) is 2.08. The maximum atomic E-state index is 4.32. The Hall–Kier alpha value is -0.490. The molecule has 0 amide bonds. The predicted octanol–water partition coefficient (Wildman–Crippen LogP) is 3.12. The third-order valence-electron chi connectivity index (χ3n) is 1.67. The monoisotopic (exact) mass is 302 g/mol. The number of nitrogens with zero attached hydrogens (tertiary/aromatic N) is 2. The first-order valence-corrected chi connectivity index (χ1v) is 5.67. The third kappa shape index (κ3) is 2.05. The number of benzene rings is 1. The second-order valence-electron chi connectivity index (χ2n) is 2.74. The van der Waals surface area contributed by atoms with Crippen LogP contribution >= 0.6 is 34.1 Å². The van der Waals surface area contributed by atoms with Crippen LogP contribution in [0.3, 0.4) is 0 Å². The van der Waals surface area contributed by atoms with E-state index < -0.39 is 0 Å². The first-order chi connectivity index (χ1) is 6.25. The van der Waals surface area contributed by atoms with Crippen molar-refractivity contribution in [2.45, 2.75) is 6.92 Å². The number of hydrogen-bond acceptors (Lipinski definition) is 3. The van der Waals surface area contributed by atoms with Crippen LogP contribution in [0.15, 0.2) is 24.3 Å². The molecule has 2 rings (SSSR count). The molecule has 0 spiro atoms. The molecule has 0 atom stereocenters. The SMILES string of the molecule is Cc1cccc(-c2nc(I)ns2)c1. The minimum Gasteiger partial charge on any atom is -0.210 e. The van der Waals surface area contributed by atoms with E-state index in [2.05, 4.69) is 57.1 Å². The molecule has 0 saturated carbocycles. The summed E-state index contributed by atoms with van der Waals surface area (Å²) in [5.41, 5.74) is 2.41. The standard InChI is InChI=1S/C9H7IN2S/c1-6-3-2-4-7(5-6)8-11-9(10)12-13-8/h2-5H,1H3. The van der Waals surface area contributed by atoms with Gasteiger partial charge in [0, 0.05) is 28.2 Å². The van der Waals surface area contributed by atoms with Gasteiger partial charge in [-0.15, -0.1) is 0 Å². The number of hydrogen-bond donors (Lipinski definition) is 0. The summed E-state index contributed by atoms with van der Waals surface area (Å²) in [7, 11) is 0. The highest BCUT2D eigenvalue weighted by atomic mass is 127. The summed E-state index contributed by atoms with van der Waals surface area (Å²) < 4.78 is 4.96. The molecule has 66 valence electrons. The molecule has 0 aliphatic heterocycles. The Morgan fingerprint density at radius 2 is 2.23 bits per heavy atom. The van der Waals surface area contributed by atoms with Crippen molar-refractivity contribution in [1.82, 2.24) is 9.36 Å². The maximum absolute atomic E-state index is 4.32. The lowest BCUT2D eigenvalue weighted by Gasteiger charge is -1.95. The van der Waals surface area contributed by atoms with Gasteiger partial charge in [0.2, 0.25) is 3.83 Å². The molecule has 13 heavy (non-hydrogen) atoms. The zero-order valence-electron chi connectivity index (χ0n) is 6.99. The quantitative estimate of drug-likeness (QED) is 0.756. The van der Waals surface area contributed by atoms with Gasteiger partial charge in [0.25, 0.3) is 0 Å². The molecule has 0 unspecified atom stereocenters. The molecule has 0 saturated heterocycles. The predicted molar refractivity (Wildman–Crippen MR) is 62.8 cm³/mol. The van der Waals surface area contributed by atoms with E-state index in [4.69, 9.17) is 0 Å². The van der Waals surface area contributed by atoms with Gasteiger partial charge in [-0.3, -0.25) is 0 Å². The number of aromatic nitrogens is 2. The van der Waals surface area contributed by atoms with Crippen molar-refractivity contribution < 1.29 is 0 Å². The zero-order valence-corrected chi connectivity index (χ0v) is 9.96. The zero-order chi connectivity index (χ0) is 9.26. The van der Waals surface area contributed by atoms with Crippen molar-refractivity contribution in [3.8, 4) is 10.6 Å². The lowest BCUT2D eigenvalue weighted by atomic mass is 10.1. The number of aryl methyl sites for hydroxylation is 1. The minimum absolute atomic E-state index is 0.819. The van der Waals surface area contributed by atoms with E-state index in [1.54, 1.807) is 0 Å². The summed E-state index contributed by atoms with van der Waals surface area (Å²) >= 11 is 3.57. The van der Waals surface area contributed by atoms with Crippen LogP contribution in [0.1, 0.15) is 5.56 Å². The first-order valence-electron chi connectivity index (χ1n) is 3.82. The maximum Gasteiger partial charge on any atom is 0.203 e. The van der Waals surface area contributed by atoms with Crippen LogP contribution in [0.25, 0.3) is 10.6 Å². The first kappa shape index (κ1) is 9.08. The molecule has 1 heterocycles. The van der Waals surface area contributed by atoms with Crippen LogP contribution in [-0.4, -0.2) is 9.36 Å². The average Bonchev–Trinajstić information content (AvgIpc) is 2.52. The van der Waals surface area contributed by atoms with Gasteiger partial charge in [-0.05, 0) is 24.5 Å². The Bertz CT molecular complexity index is 425. The second kappa shape index (κ2) is 3.71. The van der Waals surface area contributed by atoms with E-state index in [0.29, 0.717) is 0 Å². The van der Waals surface area contributed by atoms with Crippen LogP contribution < -0.4 is 0 Å². The molecule has 2 aromatic rings. The van der Waals surface area contributed by atoms with E-state index in [1.165, 1.54) is 17.1 Å². The largest absolute Gasteiger partial charge is 0.210 e. The average molecular weight is 302 g/mol. The Labute approximate surface area is 94.3 Å². The summed E-state index contributed by atoms with van der Waals surface area (Å²) in [5.74, 6) is 0. The summed E-state index contributed by atoms with van der Waals surface area (Å²) in [6.07, 6.45) is 0. The van der Waals surface area contributed by atoms with Crippen molar-refractivity contribution in [3.05, 3.63) is 33.7 Å². The van der Waals surface area contributed by atoms with Crippen molar-refractivity contribution in [2.24, 2.45) is 0 Å². The highest BCUT2D eigenvalue weighted by Gasteiger charge is 2.03. The molecule has 0 N–H and O–H groups in total. The van der Waals surface area contributed by atoms with Crippen LogP contribution in [0, 0.1) is 10.8 Å². The van der Waals surface area contributed by atoms with Crippen LogP contribution in [0.5, 0.6) is 0 Å². The van der Waals surface area contributed by atoms with Crippen LogP contribution in [-0.2, 0) is 0 Å². The molecule has 4 heteroatoms. The number of halogens is 1. The Balaban J connectivity index is 2.46. The van der Waals surface area contributed by atoms with Crippen molar-refractivity contribution in [2.75, 3.05) is 0 Å². The highest BCUT2D eigenvalue weighted by Crippen LogP contribution is 2.22.